The van der Waals surface area contributed by atoms with E-state index in [0.29, 0.717) is 5.02 Å². The van der Waals surface area contributed by atoms with Gasteiger partial charge in [0.15, 0.2) is 11.3 Å². The number of anilines is 1. The van der Waals surface area contributed by atoms with Gasteiger partial charge in [0.1, 0.15) is 12.1 Å². The maximum absolute atomic E-state index is 12.0. The third-order valence-electron chi connectivity index (χ3n) is 4.74. The van der Waals surface area contributed by atoms with E-state index >= 15 is 0 Å². The highest BCUT2D eigenvalue weighted by molar-refractivity contribution is 8.00. The van der Waals surface area contributed by atoms with Crippen molar-refractivity contribution in [3.63, 3.8) is 0 Å². The molecular weight excluding hydrogens is 384 g/mol. The molecule has 2 aromatic heterocycles. The van der Waals surface area contributed by atoms with Crippen LogP contribution < -0.4 is 10.6 Å². The SMILES string of the molecule is Cc1ncn(-c2n[nH]c3c2SC(NC(=O)C2CC2)N3)c1-c1ccccc1Cl. The number of nitrogens with zero attached hydrogens (tertiary/aromatic N) is 3. The summed E-state index contributed by atoms with van der Waals surface area (Å²) >= 11 is 7.96. The molecule has 0 radical (unpaired) electrons. The van der Waals surface area contributed by atoms with E-state index in [9.17, 15) is 4.79 Å². The van der Waals surface area contributed by atoms with Crippen LogP contribution in [0.4, 0.5) is 5.82 Å². The van der Waals surface area contributed by atoms with Crippen LogP contribution in [0.2, 0.25) is 5.02 Å². The van der Waals surface area contributed by atoms with Gasteiger partial charge in [-0.15, -0.1) is 0 Å². The second kappa shape index (κ2) is 6.31. The van der Waals surface area contributed by atoms with Crippen LogP contribution in [0.3, 0.4) is 0 Å². The minimum atomic E-state index is -0.200. The molecule has 3 heterocycles. The lowest BCUT2D eigenvalue weighted by atomic mass is 10.1. The summed E-state index contributed by atoms with van der Waals surface area (Å²) < 4.78 is 1.94. The van der Waals surface area contributed by atoms with Gasteiger partial charge in [0.2, 0.25) is 5.91 Å². The zero-order chi connectivity index (χ0) is 18.5. The second-order valence-corrected chi connectivity index (χ2v) is 8.23. The number of hydrogen-bond acceptors (Lipinski definition) is 5. The van der Waals surface area contributed by atoms with Gasteiger partial charge in [-0.05, 0) is 25.8 Å². The van der Waals surface area contributed by atoms with Crippen LogP contribution in [0.25, 0.3) is 17.1 Å². The first-order valence-electron chi connectivity index (χ1n) is 8.73. The third kappa shape index (κ3) is 2.89. The summed E-state index contributed by atoms with van der Waals surface area (Å²) in [5, 5.41) is 14.4. The number of thioether (sulfide) groups is 1. The van der Waals surface area contributed by atoms with Gasteiger partial charge in [0.25, 0.3) is 0 Å². The molecule has 138 valence electrons. The van der Waals surface area contributed by atoms with Gasteiger partial charge >= 0.3 is 0 Å². The number of carbonyl (C=O) groups excluding carboxylic acids is 1. The quantitative estimate of drug-likeness (QED) is 0.623. The largest absolute Gasteiger partial charge is 0.341 e. The number of nitrogens with one attached hydrogen (secondary N) is 3. The van der Waals surface area contributed by atoms with Crippen LogP contribution >= 0.6 is 23.4 Å². The maximum atomic E-state index is 12.0. The van der Waals surface area contributed by atoms with E-state index < -0.39 is 0 Å². The molecule has 0 spiro atoms. The van der Waals surface area contributed by atoms with Gasteiger partial charge in [0, 0.05) is 16.5 Å². The number of hydrogen-bond donors (Lipinski definition) is 3. The molecule has 1 aliphatic heterocycles. The van der Waals surface area contributed by atoms with E-state index in [2.05, 4.69) is 25.8 Å². The van der Waals surface area contributed by atoms with Crippen molar-refractivity contribution in [1.29, 1.82) is 0 Å². The van der Waals surface area contributed by atoms with Crippen molar-refractivity contribution in [2.24, 2.45) is 5.92 Å². The van der Waals surface area contributed by atoms with Crippen LogP contribution in [0.5, 0.6) is 0 Å². The monoisotopic (exact) mass is 400 g/mol. The zero-order valence-electron chi connectivity index (χ0n) is 14.5. The van der Waals surface area contributed by atoms with Crippen molar-refractivity contribution in [3.8, 4) is 17.1 Å². The Morgan fingerprint density at radius 2 is 2.19 bits per heavy atom. The van der Waals surface area contributed by atoms with E-state index in [1.54, 1.807) is 6.33 Å². The standard InChI is InChI=1S/C18H17ClN6OS/c1-9-13(11-4-2-3-5-12(11)19)25(8-20-9)16-14-15(23-24-16)21-18(27-14)22-17(26)10-6-7-10/h2-5,8,10,18H,6-7H2,1H3,(H,22,26)(H2,21,23,24). The predicted molar refractivity (Wildman–Crippen MR) is 105 cm³/mol. The van der Waals surface area contributed by atoms with Gasteiger partial charge in [0.05, 0.1) is 16.3 Å². The number of imidazole rings is 1. The molecule has 1 saturated carbocycles. The summed E-state index contributed by atoms with van der Waals surface area (Å²) in [6.07, 6.45) is 3.72. The number of amides is 1. The molecule has 1 aromatic carbocycles. The average molecular weight is 401 g/mol. The van der Waals surface area contributed by atoms with Crippen LogP contribution in [0, 0.1) is 12.8 Å². The normalized spacial score (nSPS) is 18.2. The number of H-pyrrole nitrogens is 1. The van der Waals surface area contributed by atoms with Gasteiger partial charge in [-0.25, -0.2) is 4.98 Å². The van der Waals surface area contributed by atoms with Crippen LogP contribution in [0.15, 0.2) is 35.5 Å². The molecular formula is C18H17ClN6OS. The summed E-state index contributed by atoms with van der Waals surface area (Å²) in [5.41, 5.74) is 2.48. The lowest BCUT2D eigenvalue weighted by Gasteiger charge is -2.13. The number of aryl methyl sites for hydroxylation is 1. The van der Waals surface area contributed by atoms with Crippen LogP contribution in [-0.4, -0.2) is 31.2 Å². The van der Waals surface area contributed by atoms with E-state index in [0.717, 1.165) is 46.3 Å². The van der Waals surface area contributed by atoms with Crippen molar-refractivity contribution < 1.29 is 4.79 Å². The van der Waals surface area contributed by atoms with Crippen molar-refractivity contribution in [1.82, 2.24) is 25.1 Å². The average Bonchev–Trinajstić information content (AvgIpc) is 3.19. The molecule has 3 N–H and O–H groups in total. The summed E-state index contributed by atoms with van der Waals surface area (Å²) in [6.45, 7) is 1.95. The fourth-order valence-corrected chi connectivity index (χ4v) is 4.49. The molecule has 9 heteroatoms. The van der Waals surface area contributed by atoms with E-state index in [-0.39, 0.29) is 17.3 Å². The van der Waals surface area contributed by atoms with Crippen molar-refractivity contribution in [2.45, 2.75) is 30.2 Å². The molecule has 5 rings (SSSR count). The molecule has 0 bridgehead atoms. The van der Waals surface area contributed by atoms with E-state index in [1.165, 1.54) is 11.8 Å². The molecule has 3 aromatic rings. The minimum Gasteiger partial charge on any atom is -0.341 e. The lowest BCUT2D eigenvalue weighted by molar-refractivity contribution is -0.122. The fraction of sp³-hybridized carbons (Fsp3) is 0.278. The number of carbonyl (C=O) groups is 1. The number of fused-ring (bicyclic) bond motifs is 1. The summed E-state index contributed by atoms with van der Waals surface area (Å²) in [4.78, 5) is 17.5. The molecule has 27 heavy (non-hydrogen) atoms. The Hall–Kier alpha value is -2.45. The molecule has 0 saturated heterocycles. The van der Waals surface area contributed by atoms with Crippen molar-refractivity contribution in [3.05, 3.63) is 41.3 Å². The third-order valence-corrected chi connectivity index (χ3v) is 6.17. The van der Waals surface area contributed by atoms with Crippen LogP contribution in [-0.2, 0) is 4.79 Å². The minimum absolute atomic E-state index is 0.106. The fourth-order valence-electron chi connectivity index (χ4n) is 3.21. The Kier molecular flexibility index (Phi) is 3.91. The molecule has 7 nitrogen and oxygen atoms in total. The lowest BCUT2D eigenvalue weighted by Crippen LogP contribution is -2.37. The van der Waals surface area contributed by atoms with Gasteiger partial charge < -0.3 is 10.6 Å². The number of aromatic nitrogens is 4. The maximum Gasteiger partial charge on any atom is 0.225 e. The van der Waals surface area contributed by atoms with Crippen molar-refractivity contribution in [2.75, 3.05) is 5.32 Å². The Balaban J connectivity index is 1.49. The molecule has 1 aliphatic carbocycles. The van der Waals surface area contributed by atoms with Gasteiger partial charge in [-0.3, -0.25) is 14.5 Å². The van der Waals surface area contributed by atoms with Gasteiger partial charge in [-0.2, -0.15) is 5.10 Å². The zero-order valence-corrected chi connectivity index (χ0v) is 16.1. The van der Waals surface area contributed by atoms with E-state index in [1.807, 2.05) is 35.8 Å². The Morgan fingerprint density at radius 1 is 1.37 bits per heavy atom. The predicted octanol–water partition coefficient (Wildman–Crippen LogP) is 3.55. The highest BCUT2D eigenvalue weighted by Crippen LogP contribution is 2.42. The molecule has 1 amide bonds. The molecule has 1 fully saturated rings. The highest BCUT2D eigenvalue weighted by Gasteiger charge is 2.35. The highest BCUT2D eigenvalue weighted by atomic mass is 35.5. The Morgan fingerprint density at radius 3 is 2.96 bits per heavy atom. The second-order valence-electron chi connectivity index (χ2n) is 6.70. The van der Waals surface area contributed by atoms with E-state index in [4.69, 9.17) is 11.6 Å². The molecule has 1 atom stereocenters. The summed E-state index contributed by atoms with van der Waals surface area (Å²) in [5.74, 6) is 1.82. The number of benzene rings is 1. The van der Waals surface area contributed by atoms with Gasteiger partial charge in [-0.1, -0.05) is 41.6 Å². The van der Waals surface area contributed by atoms with Crippen molar-refractivity contribution >= 4 is 35.1 Å². The topological polar surface area (TPSA) is 87.6 Å². The number of halogens is 1. The Labute approximate surface area is 164 Å². The summed E-state index contributed by atoms with van der Waals surface area (Å²) in [6, 6.07) is 7.69. The molecule has 2 aliphatic rings. The first kappa shape index (κ1) is 16.7. The van der Waals surface area contributed by atoms with Crippen LogP contribution in [0.1, 0.15) is 18.5 Å². The Bertz CT molecular complexity index is 1040. The smallest absolute Gasteiger partial charge is 0.225 e. The number of rotatable bonds is 4. The number of aromatic amines is 1. The summed E-state index contributed by atoms with van der Waals surface area (Å²) in [7, 11) is 0. The first-order valence-corrected chi connectivity index (χ1v) is 9.98. The first-order chi connectivity index (χ1) is 13.1. The molecule has 1 unspecified atom stereocenters.